The van der Waals surface area contributed by atoms with Crippen molar-refractivity contribution in [2.45, 2.75) is 0 Å². The van der Waals surface area contributed by atoms with Gasteiger partial charge in [-0.2, -0.15) is 0 Å². The van der Waals surface area contributed by atoms with Gasteiger partial charge in [0.15, 0.2) is 11.5 Å². The molecule has 0 saturated heterocycles. The van der Waals surface area contributed by atoms with E-state index in [1.165, 1.54) is 0 Å². The number of ether oxygens (including phenoxy) is 3. The largest absolute Gasteiger partial charge is 0.494 e. The number of aromatic nitrogens is 2. The number of fused-ring (bicyclic) bond motifs is 1. The molecule has 3 rings (SSSR count). The third-order valence-corrected chi connectivity index (χ3v) is 3.87. The van der Waals surface area contributed by atoms with Gasteiger partial charge in [-0.25, -0.2) is 4.98 Å². The summed E-state index contributed by atoms with van der Waals surface area (Å²) in [6, 6.07) is 11.5. The monoisotopic (exact) mass is 328 g/mol. The Hall–Kier alpha value is -2.73. The zero-order valence-corrected chi connectivity index (χ0v) is 13.9. The predicted octanol–water partition coefficient (Wildman–Crippen LogP) is 2.63. The molecule has 0 bridgehead atoms. The first kappa shape index (κ1) is 16.1. The zero-order chi connectivity index (χ0) is 17.1. The lowest BCUT2D eigenvalue weighted by Gasteiger charge is -2.11. The molecule has 0 fully saturated rings. The third kappa shape index (κ3) is 2.76. The van der Waals surface area contributed by atoms with Gasteiger partial charge in [-0.3, -0.25) is 0 Å². The highest BCUT2D eigenvalue weighted by molar-refractivity contribution is 5.86. The minimum absolute atomic E-state index is 0.0462. The van der Waals surface area contributed by atoms with Crippen LogP contribution in [0.2, 0.25) is 0 Å². The van der Waals surface area contributed by atoms with E-state index in [0.29, 0.717) is 11.5 Å². The first-order valence-corrected chi connectivity index (χ1v) is 7.61. The van der Waals surface area contributed by atoms with Crippen LogP contribution in [-0.4, -0.2) is 42.1 Å². The van der Waals surface area contributed by atoms with Gasteiger partial charge in [-0.1, -0.05) is 6.07 Å². The molecule has 0 aliphatic rings. The fraction of sp³-hybridized carbons (Fsp3) is 0.278. The average Bonchev–Trinajstić information content (AvgIpc) is 2.96. The number of nitrogens with zero attached hydrogens (tertiary/aromatic N) is 2. The van der Waals surface area contributed by atoms with E-state index in [4.69, 9.17) is 24.3 Å². The second kappa shape index (κ2) is 6.80. The van der Waals surface area contributed by atoms with Crippen LogP contribution in [0.5, 0.6) is 17.2 Å². The molecule has 2 aromatic carbocycles. The number of imidazole rings is 1. The maximum Gasteiger partial charge on any atom is 0.161 e. The Morgan fingerprint density at radius 2 is 1.83 bits per heavy atom. The van der Waals surface area contributed by atoms with Crippen LogP contribution in [0.1, 0.15) is 0 Å². The van der Waals surface area contributed by atoms with E-state index in [-0.39, 0.29) is 13.2 Å². The van der Waals surface area contributed by atoms with Crippen molar-refractivity contribution in [2.75, 3.05) is 27.4 Å². The Morgan fingerprint density at radius 1 is 1.04 bits per heavy atom. The summed E-state index contributed by atoms with van der Waals surface area (Å²) >= 11 is 0. The fourth-order valence-electron chi connectivity index (χ4n) is 2.69. The number of para-hydroxylation sites is 1. The van der Waals surface area contributed by atoms with Gasteiger partial charge in [0.1, 0.15) is 23.7 Å². The molecule has 0 aliphatic carbocycles. The zero-order valence-electron chi connectivity index (χ0n) is 13.9. The quantitative estimate of drug-likeness (QED) is 0.753. The van der Waals surface area contributed by atoms with Crippen molar-refractivity contribution in [3.8, 4) is 28.6 Å². The van der Waals surface area contributed by atoms with Crippen molar-refractivity contribution in [3.05, 3.63) is 36.4 Å². The summed E-state index contributed by atoms with van der Waals surface area (Å²) in [7, 11) is 5.19. The molecule has 126 valence electrons. The van der Waals surface area contributed by atoms with Crippen LogP contribution < -0.4 is 14.2 Å². The molecule has 1 heterocycles. The molecular weight excluding hydrogens is 308 g/mol. The van der Waals surface area contributed by atoms with Crippen molar-refractivity contribution in [2.24, 2.45) is 7.05 Å². The number of benzene rings is 2. The number of aliphatic hydroxyl groups is 1. The van der Waals surface area contributed by atoms with Crippen LogP contribution in [-0.2, 0) is 7.05 Å². The minimum atomic E-state index is -0.0462. The molecule has 3 aromatic rings. The molecule has 0 spiro atoms. The Kier molecular flexibility index (Phi) is 4.57. The highest BCUT2D eigenvalue weighted by atomic mass is 16.5. The van der Waals surface area contributed by atoms with E-state index in [9.17, 15) is 0 Å². The second-order valence-electron chi connectivity index (χ2n) is 5.26. The van der Waals surface area contributed by atoms with Crippen molar-refractivity contribution in [1.29, 1.82) is 0 Å². The summed E-state index contributed by atoms with van der Waals surface area (Å²) in [5.41, 5.74) is 2.71. The van der Waals surface area contributed by atoms with Crippen molar-refractivity contribution in [1.82, 2.24) is 9.55 Å². The maximum atomic E-state index is 8.90. The molecule has 0 amide bonds. The number of methoxy groups -OCH3 is 2. The van der Waals surface area contributed by atoms with E-state index >= 15 is 0 Å². The number of rotatable bonds is 6. The van der Waals surface area contributed by atoms with E-state index < -0.39 is 0 Å². The lowest BCUT2D eigenvalue weighted by molar-refractivity contribution is 0.196. The molecule has 0 saturated carbocycles. The van der Waals surface area contributed by atoms with Gasteiger partial charge in [0.25, 0.3) is 0 Å². The smallest absolute Gasteiger partial charge is 0.161 e. The van der Waals surface area contributed by atoms with Crippen LogP contribution >= 0.6 is 0 Å². The fourth-order valence-corrected chi connectivity index (χ4v) is 2.69. The second-order valence-corrected chi connectivity index (χ2v) is 5.26. The molecule has 0 unspecified atom stereocenters. The van der Waals surface area contributed by atoms with Crippen LogP contribution in [0.4, 0.5) is 0 Å². The van der Waals surface area contributed by atoms with E-state index in [1.807, 2.05) is 48.0 Å². The van der Waals surface area contributed by atoms with Crippen LogP contribution in [0, 0.1) is 0 Å². The van der Waals surface area contributed by atoms with Crippen LogP contribution in [0.25, 0.3) is 22.4 Å². The molecule has 1 aromatic heterocycles. The van der Waals surface area contributed by atoms with Crippen molar-refractivity contribution in [3.63, 3.8) is 0 Å². The van der Waals surface area contributed by atoms with E-state index in [2.05, 4.69) is 0 Å². The number of aliphatic hydroxyl groups excluding tert-OH is 1. The Bertz CT molecular complexity index is 858. The number of hydrogen-bond donors (Lipinski definition) is 1. The molecule has 1 N–H and O–H groups in total. The third-order valence-electron chi connectivity index (χ3n) is 3.87. The van der Waals surface area contributed by atoms with E-state index in [1.54, 1.807) is 14.2 Å². The SMILES string of the molecule is COc1cc(-c2nc3c(OC)cccc3n2C)ccc1OCCO. The Labute approximate surface area is 140 Å². The summed E-state index contributed by atoms with van der Waals surface area (Å²) in [6.07, 6.45) is 0. The molecule has 24 heavy (non-hydrogen) atoms. The van der Waals surface area contributed by atoms with Crippen LogP contribution in [0.3, 0.4) is 0 Å². The molecule has 6 heteroatoms. The summed E-state index contributed by atoms with van der Waals surface area (Å²) < 4.78 is 18.3. The highest BCUT2D eigenvalue weighted by Crippen LogP contribution is 2.34. The van der Waals surface area contributed by atoms with Gasteiger partial charge in [0, 0.05) is 12.6 Å². The van der Waals surface area contributed by atoms with Gasteiger partial charge in [0.05, 0.1) is 26.3 Å². The maximum absolute atomic E-state index is 8.90. The topological polar surface area (TPSA) is 65.7 Å². The van der Waals surface area contributed by atoms with E-state index in [0.717, 1.165) is 28.2 Å². The Balaban J connectivity index is 2.09. The molecule has 6 nitrogen and oxygen atoms in total. The summed E-state index contributed by atoms with van der Waals surface area (Å²) in [4.78, 5) is 4.72. The van der Waals surface area contributed by atoms with Gasteiger partial charge in [-0.15, -0.1) is 0 Å². The summed E-state index contributed by atoms with van der Waals surface area (Å²) in [5, 5.41) is 8.90. The van der Waals surface area contributed by atoms with Gasteiger partial charge in [0.2, 0.25) is 0 Å². The lowest BCUT2D eigenvalue weighted by Crippen LogP contribution is -2.03. The number of hydrogen-bond acceptors (Lipinski definition) is 5. The van der Waals surface area contributed by atoms with Gasteiger partial charge >= 0.3 is 0 Å². The van der Waals surface area contributed by atoms with Crippen molar-refractivity contribution >= 4 is 11.0 Å². The lowest BCUT2D eigenvalue weighted by atomic mass is 10.2. The first-order chi connectivity index (χ1) is 11.7. The molecule has 0 radical (unpaired) electrons. The number of aryl methyl sites for hydroxylation is 1. The minimum Gasteiger partial charge on any atom is -0.494 e. The van der Waals surface area contributed by atoms with Gasteiger partial charge < -0.3 is 23.9 Å². The predicted molar refractivity (Wildman–Crippen MR) is 91.8 cm³/mol. The molecular formula is C18H20N2O4. The van der Waals surface area contributed by atoms with Crippen LogP contribution in [0.15, 0.2) is 36.4 Å². The highest BCUT2D eigenvalue weighted by Gasteiger charge is 2.15. The summed E-state index contributed by atoms with van der Waals surface area (Å²) in [5.74, 6) is 2.73. The van der Waals surface area contributed by atoms with Gasteiger partial charge in [-0.05, 0) is 30.3 Å². The normalized spacial score (nSPS) is 10.8. The Morgan fingerprint density at radius 3 is 2.54 bits per heavy atom. The van der Waals surface area contributed by atoms with Crippen molar-refractivity contribution < 1.29 is 19.3 Å². The summed E-state index contributed by atoms with van der Waals surface area (Å²) in [6.45, 7) is 0.175. The standard InChI is InChI=1S/C18H20N2O4/c1-20-13-5-4-6-15(22-2)17(13)19-18(20)12-7-8-14(24-10-9-21)16(11-12)23-3/h4-8,11,21H,9-10H2,1-3H3. The average molecular weight is 328 g/mol. The molecule has 0 aliphatic heterocycles. The molecule has 0 atom stereocenters. The first-order valence-electron chi connectivity index (χ1n) is 7.61.